The van der Waals surface area contributed by atoms with E-state index in [0.29, 0.717) is 0 Å². The highest BCUT2D eigenvalue weighted by molar-refractivity contribution is 7.00. The molecule has 2 aromatic carbocycles. The number of allylic oxidation sites excluding steroid dienone is 4. The lowest BCUT2D eigenvalue weighted by Crippen LogP contribution is -2.55. The summed E-state index contributed by atoms with van der Waals surface area (Å²) < 4.78 is 0. The SMILES string of the molecule is C[SiH](C)C1=C([Si](C)(Nc2ccccc2)c2ccccc2)CC=C1C(C)(C)C. The topological polar surface area (TPSA) is 12.0 Å². The van der Waals surface area contributed by atoms with Crippen molar-refractivity contribution < 1.29 is 0 Å². The second kappa shape index (κ2) is 7.65. The molecule has 0 aliphatic heterocycles. The molecule has 3 rings (SSSR count). The van der Waals surface area contributed by atoms with Crippen LogP contribution < -0.4 is 10.2 Å². The predicted octanol–water partition coefficient (Wildman–Crippen LogP) is 5.82. The molecule has 0 radical (unpaired) electrons. The molecule has 0 bridgehead atoms. The summed E-state index contributed by atoms with van der Waals surface area (Å²) in [6, 6.07) is 21.9. The van der Waals surface area contributed by atoms with Crippen molar-refractivity contribution in [2.24, 2.45) is 5.41 Å². The molecule has 1 nitrogen and oxygen atoms in total. The van der Waals surface area contributed by atoms with Crippen LogP contribution in [0.3, 0.4) is 0 Å². The maximum absolute atomic E-state index is 4.04. The molecule has 0 fully saturated rings. The fraction of sp³-hybridized carbons (Fsp3) is 0.333. The molecule has 1 unspecified atom stereocenters. The minimum atomic E-state index is -2.07. The first-order valence-electron chi connectivity index (χ1n) is 10.1. The second-order valence-corrected chi connectivity index (χ2v) is 15.7. The van der Waals surface area contributed by atoms with E-state index in [1.54, 1.807) is 16.0 Å². The fourth-order valence-corrected chi connectivity index (χ4v) is 11.5. The molecule has 1 aliphatic carbocycles. The predicted molar refractivity (Wildman–Crippen MR) is 126 cm³/mol. The average Bonchev–Trinajstić information content (AvgIpc) is 3.10. The van der Waals surface area contributed by atoms with Gasteiger partial charge in [-0.25, -0.2) is 0 Å². The van der Waals surface area contributed by atoms with Gasteiger partial charge in [-0.3, -0.25) is 0 Å². The first kappa shape index (κ1) is 19.9. The first-order chi connectivity index (χ1) is 12.7. The molecule has 0 aromatic heterocycles. The molecule has 0 saturated heterocycles. The number of hydrogen-bond donors (Lipinski definition) is 1. The molecule has 1 N–H and O–H groups in total. The van der Waals surface area contributed by atoms with E-state index < -0.39 is 17.0 Å². The van der Waals surface area contributed by atoms with Crippen molar-refractivity contribution in [3.8, 4) is 0 Å². The Morgan fingerprint density at radius 2 is 1.44 bits per heavy atom. The molecule has 2 aromatic rings. The van der Waals surface area contributed by atoms with Gasteiger partial charge in [0.15, 0.2) is 0 Å². The maximum Gasteiger partial charge on any atom is 0.211 e. The van der Waals surface area contributed by atoms with Crippen molar-refractivity contribution in [3.05, 3.63) is 82.7 Å². The summed E-state index contributed by atoms with van der Waals surface area (Å²) in [5, 5.41) is 4.90. The third kappa shape index (κ3) is 4.04. The van der Waals surface area contributed by atoms with E-state index in [9.17, 15) is 0 Å². The zero-order valence-corrected chi connectivity index (χ0v) is 19.8. The van der Waals surface area contributed by atoms with Crippen molar-refractivity contribution in [2.45, 2.75) is 46.8 Å². The van der Waals surface area contributed by atoms with Gasteiger partial charge in [-0.1, -0.05) is 98.9 Å². The van der Waals surface area contributed by atoms with Crippen LogP contribution in [0.1, 0.15) is 27.2 Å². The lowest BCUT2D eigenvalue weighted by Gasteiger charge is -2.35. The van der Waals surface area contributed by atoms with Crippen LogP contribution in [0.2, 0.25) is 19.6 Å². The van der Waals surface area contributed by atoms with Crippen molar-refractivity contribution in [1.82, 2.24) is 0 Å². The molecule has 0 saturated carbocycles. The normalized spacial score (nSPS) is 17.1. The van der Waals surface area contributed by atoms with Gasteiger partial charge in [-0.05, 0) is 41.3 Å². The minimum Gasteiger partial charge on any atom is -0.404 e. The molecule has 0 spiro atoms. The van der Waals surface area contributed by atoms with Gasteiger partial charge >= 0.3 is 0 Å². The van der Waals surface area contributed by atoms with E-state index in [4.69, 9.17) is 0 Å². The number of nitrogens with one attached hydrogen (secondary N) is 1. The van der Waals surface area contributed by atoms with Crippen LogP contribution in [0.5, 0.6) is 0 Å². The smallest absolute Gasteiger partial charge is 0.211 e. The van der Waals surface area contributed by atoms with Crippen LogP contribution >= 0.6 is 0 Å². The Morgan fingerprint density at radius 1 is 0.889 bits per heavy atom. The Morgan fingerprint density at radius 3 is 1.96 bits per heavy atom. The van der Waals surface area contributed by atoms with Gasteiger partial charge in [0.05, 0.1) is 8.80 Å². The Bertz CT molecular complexity index is 845. The molecule has 142 valence electrons. The van der Waals surface area contributed by atoms with Gasteiger partial charge in [-0.2, -0.15) is 0 Å². The van der Waals surface area contributed by atoms with Crippen LogP contribution in [0, 0.1) is 5.41 Å². The lowest BCUT2D eigenvalue weighted by atomic mass is 9.87. The van der Waals surface area contributed by atoms with E-state index in [1.165, 1.54) is 10.9 Å². The Labute approximate surface area is 167 Å². The molecule has 27 heavy (non-hydrogen) atoms. The zero-order valence-electron chi connectivity index (χ0n) is 17.6. The molecule has 1 atom stereocenters. The summed E-state index contributed by atoms with van der Waals surface area (Å²) in [5.74, 6) is 0. The Balaban J connectivity index is 2.17. The van der Waals surface area contributed by atoms with Gasteiger partial charge in [0, 0.05) is 5.69 Å². The van der Waals surface area contributed by atoms with Gasteiger partial charge in [-0.15, -0.1) is 0 Å². The molecule has 3 heteroatoms. The standard InChI is InChI=1S/C24H33NSi2/c1-24(2,3)21-17-18-22(23(21)26(4)5)27(6,20-15-11-8-12-16-20)25-19-13-9-7-10-14-19/h7-17,25-26H,18H2,1-6H3. The zero-order chi connectivity index (χ0) is 19.7. The number of anilines is 1. The second-order valence-electron chi connectivity index (χ2n) is 9.10. The molecule has 1 aliphatic rings. The van der Waals surface area contributed by atoms with Crippen LogP contribution in [-0.4, -0.2) is 17.0 Å². The summed E-state index contributed by atoms with van der Waals surface area (Å²) in [4.78, 5) is 4.04. The highest BCUT2D eigenvalue weighted by atomic mass is 28.3. The van der Waals surface area contributed by atoms with Gasteiger partial charge in [0.25, 0.3) is 0 Å². The number of para-hydroxylation sites is 1. The van der Waals surface area contributed by atoms with E-state index in [2.05, 4.69) is 112 Å². The van der Waals surface area contributed by atoms with Gasteiger partial charge in [0.1, 0.15) is 0 Å². The minimum absolute atomic E-state index is 0.215. The van der Waals surface area contributed by atoms with Crippen LogP contribution in [0.25, 0.3) is 0 Å². The number of rotatable bonds is 5. The average molecular weight is 392 g/mol. The molecule has 0 amide bonds. The summed E-state index contributed by atoms with van der Waals surface area (Å²) >= 11 is 0. The highest BCUT2D eigenvalue weighted by Crippen LogP contribution is 2.42. The number of hydrogen-bond acceptors (Lipinski definition) is 1. The van der Waals surface area contributed by atoms with Crippen LogP contribution in [0.4, 0.5) is 5.69 Å². The summed E-state index contributed by atoms with van der Waals surface area (Å²) in [6.45, 7) is 14.6. The van der Waals surface area contributed by atoms with Gasteiger partial charge in [0.2, 0.25) is 8.24 Å². The van der Waals surface area contributed by atoms with Crippen molar-refractivity contribution in [1.29, 1.82) is 0 Å². The van der Waals surface area contributed by atoms with Crippen molar-refractivity contribution in [2.75, 3.05) is 4.98 Å². The summed E-state index contributed by atoms with van der Waals surface area (Å²) in [5.41, 5.74) is 3.05. The quantitative estimate of drug-likeness (QED) is 0.633. The van der Waals surface area contributed by atoms with E-state index in [0.717, 1.165) is 6.42 Å². The van der Waals surface area contributed by atoms with E-state index in [1.807, 2.05) is 0 Å². The Kier molecular flexibility index (Phi) is 5.64. The lowest BCUT2D eigenvalue weighted by molar-refractivity contribution is 0.515. The van der Waals surface area contributed by atoms with Crippen LogP contribution in [0.15, 0.2) is 82.7 Å². The summed E-state index contributed by atoms with van der Waals surface area (Å²) in [6.07, 6.45) is 3.63. The third-order valence-electron chi connectivity index (χ3n) is 5.63. The van der Waals surface area contributed by atoms with Crippen molar-refractivity contribution in [3.63, 3.8) is 0 Å². The molecular formula is C24H33NSi2. The maximum atomic E-state index is 4.04. The monoisotopic (exact) mass is 391 g/mol. The van der Waals surface area contributed by atoms with Crippen LogP contribution in [-0.2, 0) is 0 Å². The van der Waals surface area contributed by atoms with Gasteiger partial charge < -0.3 is 4.98 Å². The van der Waals surface area contributed by atoms with E-state index in [-0.39, 0.29) is 5.41 Å². The highest BCUT2D eigenvalue weighted by Gasteiger charge is 2.41. The molecular weight excluding hydrogens is 358 g/mol. The Hall–Kier alpha value is -1.85. The number of benzene rings is 2. The summed E-state index contributed by atoms with van der Waals surface area (Å²) in [7, 11) is -3.03. The van der Waals surface area contributed by atoms with Crippen molar-refractivity contribution >= 4 is 27.9 Å². The largest absolute Gasteiger partial charge is 0.404 e. The van der Waals surface area contributed by atoms with E-state index >= 15 is 0 Å². The fourth-order valence-electron chi connectivity index (χ4n) is 4.33. The first-order valence-corrected chi connectivity index (χ1v) is 15.5. The molecule has 0 heterocycles. The third-order valence-corrected chi connectivity index (χ3v) is 11.7.